The van der Waals surface area contributed by atoms with Crippen LogP contribution in [0.2, 0.25) is 5.02 Å². The Kier molecular flexibility index (Phi) is 3.92. The van der Waals surface area contributed by atoms with E-state index in [0.29, 0.717) is 11.4 Å². The summed E-state index contributed by atoms with van der Waals surface area (Å²) in [7, 11) is 3.54. The molecule has 76 valence electrons. The summed E-state index contributed by atoms with van der Waals surface area (Å²) in [6.07, 6.45) is 0.303. The Hall–Kier alpha value is -1.06. The van der Waals surface area contributed by atoms with Crippen molar-refractivity contribution >= 4 is 17.5 Å². The summed E-state index contributed by atoms with van der Waals surface area (Å²) in [4.78, 5) is 11.4. The van der Waals surface area contributed by atoms with E-state index in [0.717, 1.165) is 5.56 Å². The molecule has 0 saturated heterocycles. The molecule has 0 bridgehead atoms. The highest BCUT2D eigenvalue weighted by Gasteiger charge is 2.06. The van der Waals surface area contributed by atoms with Crippen LogP contribution < -0.4 is 5.43 Å². The van der Waals surface area contributed by atoms with E-state index in [1.54, 1.807) is 25.2 Å². The molecule has 0 unspecified atom stereocenters. The third-order valence-corrected chi connectivity index (χ3v) is 2.03. The van der Waals surface area contributed by atoms with Crippen molar-refractivity contribution in [2.45, 2.75) is 6.42 Å². The summed E-state index contributed by atoms with van der Waals surface area (Å²) in [5.74, 6) is -0.0666. The monoisotopic (exact) mass is 212 g/mol. The van der Waals surface area contributed by atoms with Crippen molar-refractivity contribution in [1.82, 2.24) is 10.4 Å². The number of carbonyl (C=O) groups excluding carboxylic acids is 1. The van der Waals surface area contributed by atoms with Crippen LogP contribution in [-0.2, 0) is 11.2 Å². The van der Waals surface area contributed by atoms with E-state index >= 15 is 0 Å². The molecule has 1 aromatic rings. The number of nitrogens with one attached hydrogen (secondary N) is 1. The van der Waals surface area contributed by atoms with Gasteiger partial charge in [-0.05, 0) is 11.6 Å². The van der Waals surface area contributed by atoms with E-state index in [4.69, 9.17) is 11.6 Å². The summed E-state index contributed by atoms with van der Waals surface area (Å²) in [6.45, 7) is 0. The van der Waals surface area contributed by atoms with Gasteiger partial charge in [-0.25, -0.2) is 5.01 Å². The Morgan fingerprint density at radius 3 is 2.64 bits per heavy atom. The van der Waals surface area contributed by atoms with Crippen LogP contribution in [0.25, 0.3) is 0 Å². The molecule has 0 aliphatic carbocycles. The minimum absolute atomic E-state index is 0.0666. The molecular formula is C10H13ClN2O. The second kappa shape index (κ2) is 4.98. The van der Waals surface area contributed by atoms with Crippen molar-refractivity contribution in [1.29, 1.82) is 0 Å². The molecule has 0 fully saturated rings. The molecule has 0 aromatic heterocycles. The lowest BCUT2D eigenvalue weighted by atomic mass is 10.1. The SMILES string of the molecule is CN(C)NC(=O)Cc1ccccc1Cl. The largest absolute Gasteiger partial charge is 0.289 e. The molecule has 3 nitrogen and oxygen atoms in total. The highest BCUT2D eigenvalue weighted by atomic mass is 35.5. The number of halogens is 1. The van der Waals surface area contributed by atoms with Gasteiger partial charge in [0.05, 0.1) is 6.42 Å². The van der Waals surface area contributed by atoms with Crippen LogP contribution in [0.5, 0.6) is 0 Å². The first-order valence-corrected chi connectivity index (χ1v) is 4.67. The molecule has 1 rings (SSSR count). The van der Waals surface area contributed by atoms with Gasteiger partial charge in [0, 0.05) is 19.1 Å². The molecule has 0 heterocycles. The first-order chi connectivity index (χ1) is 6.59. The molecule has 1 aromatic carbocycles. The third-order valence-electron chi connectivity index (χ3n) is 1.66. The number of hydrogen-bond acceptors (Lipinski definition) is 2. The first-order valence-electron chi connectivity index (χ1n) is 4.30. The smallest absolute Gasteiger partial charge is 0.238 e. The molecule has 14 heavy (non-hydrogen) atoms. The lowest BCUT2D eigenvalue weighted by molar-refractivity contribution is -0.124. The second-order valence-corrected chi connectivity index (χ2v) is 3.60. The zero-order valence-corrected chi connectivity index (χ0v) is 9.01. The number of nitrogens with zero attached hydrogens (tertiary/aromatic N) is 1. The molecule has 0 aliphatic rings. The Morgan fingerprint density at radius 2 is 2.07 bits per heavy atom. The summed E-state index contributed by atoms with van der Waals surface area (Å²) in [5.41, 5.74) is 3.50. The van der Waals surface area contributed by atoms with Gasteiger partial charge in [-0.15, -0.1) is 0 Å². The minimum atomic E-state index is -0.0666. The van der Waals surface area contributed by atoms with Crippen LogP contribution in [0.15, 0.2) is 24.3 Å². The van der Waals surface area contributed by atoms with Crippen LogP contribution in [0, 0.1) is 0 Å². The summed E-state index contributed by atoms with van der Waals surface area (Å²) >= 11 is 5.91. The lowest BCUT2D eigenvalue weighted by Gasteiger charge is -2.11. The number of benzene rings is 1. The maximum absolute atomic E-state index is 11.4. The van der Waals surface area contributed by atoms with Crippen LogP contribution in [-0.4, -0.2) is 25.0 Å². The van der Waals surface area contributed by atoms with Crippen LogP contribution in [0.3, 0.4) is 0 Å². The van der Waals surface area contributed by atoms with E-state index in [1.165, 1.54) is 0 Å². The minimum Gasteiger partial charge on any atom is -0.289 e. The van der Waals surface area contributed by atoms with Crippen molar-refractivity contribution in [3.63, 3.8) is 0 Å². The van der Waals surface area contributed by atoms with Crippen molar-refractivity contribution in [2.75, 3.05) is 14.1 Å². The Morgan fingerprint density at radius 1 is 1.43 bits per heavy atom. The maximum Gasteiger partial charge on any atom is 0.238 e. The predicted octanol–water partition coefficient (Wildman–Crippen LogP) is 1.48. The fourth-order valence-electron chi connectivity index (χ4n) is 1.10. The van der Waals surface area contributed by atoms with Gasteiger partial charge in [-0.1, -0.05) is 29.8 Å². The van der Waals surface area contributed by atoms with E-state index in [-0.39, 0.29) is 5.91 Å². The van der Waals surface area contributed by atoms with Crippen LogP contribution in [0.1, 0.15) is 5.56 Å². The third kappa shape index (κ3) is 3.36. The van der Waals surface area contributed by atoms with Gasteiger partial charge in [0.25, 0.3) is 0 Å². The van der Waals surface area contributed by atoms with Gasteiger partial charge in [-0.2, -0.15) is 0 Å². The summed E-state index contributed by atoms with van der Waals surface area (Å²) < 4.78 is 0. The molecule has 0 saturated carbocycles. The normalized spacial score (nSPS) is 10.3. The van der Waals surface area contributed by atoms with Gasteiger partial charge in [0.1, 0.15) is 0 Å². The van der Waals surface area contributed by atoms with Crippen molar-refractivity contribution in [3.8, 4) is 0 Å². The Balaban J connectivity index is 2.61. The maximum atomic E-state index is 11.4. The van der Waals surface area contributed by atoms with E-state index in [1.807, 2.05) is 18.2 Å². The molecule has 4 heteroatoms. The highest BCUT2D eigenvalue weighted by molar-refractivity contribution is 6.31. The number of hydrazine groups is 1. The van der Waals surface area contributed by atoms with Gasteiger partial charge in [0.2, 0.25) is 5.91 Å². The van der Waals surface area contributed by atoms with Gasteiger partial charge >= 0.3 is 0 Å². The van der Waals surface area contributed by atoms with Crippen molar-refractivity contribution < 1.29 is 4.79 Å². The average Bonchev–Trinajstić information content (AvgIpc) is 2.07. The topological polar surface area (TPSA) is 32.3 Å². The van der Waals surface area contributed by atoms with Crippen molar-refractivity contribution in [3.05, 3.63) is 34.9 Å². The second-order valence-electron chi connectivity index (χ2n) is 3.20. The number of rotatable bonds is 3. The van der Waals surface area contributed by atoms with Gasteiger partial charge in [-0.3, -0.25) is 10.2 Å². The molecule has 0 spiro atoms. The summed E-state index contributed by atoms with van der Waals surface area (Å²) in [6, 6.07) is 7.33. The zero-order valence-electron chi connectivity index (χ0n) is 8.25. The van der Waals surface area contributed by atoms with Gasteiger partial charge in [0.15, 0.2) is 0 Å². The molecule has 1 amide bonds. The molecular weight excluding hydrogens is 200 g/mol. The zero-order chi connectivity index (χ0) is 10.6. The highest BCUT2D eigenvalue weighted by Crippen LogP contribution is 2.14. The first kappa shape index (κ1) is 11.0. The van der Waals surface area contributed by atoms with Crippen LogP contribution >= 0.6 is 11.6 Å². The number of carbonyl (C=O) groups is 1. The van der Waals surface area contributed by atoms with E-state index in [9.17, 15) is 4.79 Å². The predicted molar refractivity (Wildman–Crippen MR) is 57.0 cm³/mol. The number of amides is 1. The fourth-order valence-corrected chi connectivity index (χ4v) is 1.31. The quantitative estimate of drug-likeness (QED) is 0.770. The Bertz CT molecular complexity index is 326. The fraction of sp³-hybridized carbons (Fsp3) is 0.300. The van der Waals surface area contributed by atoms with E-state index in [2.05, 4.69) is 5.43 Å². The molecule has 0 aliphatic heterocycles. The molecule has 1 N–H and O–H groups in total. The Labute approximate surface area is 88.6 Å². The van der Waals surface area contributed by atoms with Crippen molar-refractivity contribution in [2.24, 2.45) is 0 Å². The van der Waals surface area contributed by atoms with E-state index < -0.39 is 0 Å². The van der Waals surface area contributed by atoms with Gasteiger partial charge < -0.3 is 0 Å². The van der Waals surface area contributed by atoms with Crippen LogP contribution in [0.4, 0.5) is 0 Å². The molecule has 0 radical (unpaired) electrons. The standard InChI is InChI=1S/C10H13ClN2O/c1-13(2)12-10(14)7-8-5-3-4-6-9(8)11/h3-6H,7H2,1-2H3,(H,12,14). The summed E-state index contributed by atoms with van der Waals surface area (Å²) in [5, 5.41) is 2.24. The average molecular weight is 213 g/mol. The lowest BCUT2D eigenvalue weighted by Crippen LogP contribution is -2.37. The molecule has 0 atom stereocenters. The number of hydrogen-bond donors (Lipinski definition) is 1.